The van der Waals surface area contributed by atoms with Crippen LogP contribution in [0.3, 0.4) is 0 Å². The van der Waals surface area contributed by atoms with Gasteiger partial charge >= 0.3 is 27.6 Å². The van der Waals surface area contributed by atoms with Crippen LogP contribution >= 0.6 is 15.6 Å². The zero-order valence-corrected chi connectivity index (χ0v) is 37.0. The lowest BCUT2D eigenvalue weighted by atomic mass is 10.0. The molecular formula is C42H72O15P2. The topological polar surface area (TPSA) is 236 Å². The Hall–Kier alpha value is -2.52. The second-order valence-electron chi connectivity index (χ2n) is 14.4. The summed E-state index contributed by atoms with van der Waals surface area (Å²) in [6, 6.07) is 0. The number of ether oxygens (including phenoxy) is 2. The number of allylic oxidation sites excluding steroid dienone is 8. The number of carbonyl (C=O) groups excluding carboxylic acids is 2. The molecule has 0 rings (SSSR count). The van der Waals surface area contributed by atoms with Crippen molar-refractivity contribution >= 4 is 27.6 Å². The normalized spacial score (nSPS) is 16.0. The van der Waals surface area contributed by atoms with Gasteiger partial charge in [0.05, 0.1) is 32.0 Å². The highest BCUT2D eigenvalue weighted by Gasteiger charge is 2.28. The van der Waals surface area contributed by atoms with Gasteiger partial charge in [0, 0.05) is 12.8 Å². The molecule has 0 fully saturated rings. The molecule has 1 unspecified atom stereocenters. The van der Waals surface area contributed by atoms with Crippen LogP contribution in [0.5, 0.6) is 0 Å². The fourth-order valence-electron chi connectivity index (χ4n) is 5.04. The number of rotatable bonds is 37. The first kappa shape index (κ1) is 56.5. The number of hydrogen-bond donors (Lipinski definition) is 6. The van der Waals surface area contributed by atoms with Gasteiger partial charge in [0.1, 0.15) is 12.7 Å². The average Bonchev–Trinajstić information content (AvgIpc) is 3.17. The second-order valence-corrected chi connectivity index (χ2v) is 17.1. The maximum absolute atomic E-state index is 12.6. The van der Waals surface area contributed by atoms with Crippen LogP contribution in [0.2, 0.25) is 0 Å². The second kappa shape index (κ2) is 36.2. The van der Waals surface area contributed by atoms with Crippen LogP contribution < -0.4 is 0 Å². The van der Waals surface area contributed by atoms with Gasteiger partial charge in [-0.05, 0) is 44.4 Å². The lowest BCUT2D eigenvalue weighted by molar-refractivity contribution is -0.161. The van der Waals surface area contributed by atoms with E-state index in [1.165, 1.54) is 25.7 Å². The number of aliphatic hydroxyl groups is 3. The maximum Gasteiger partial charge on any atom is 0.472 e. The van der Waals surface area contributed by atoms with Crippen LogP contribution in [0.25, 0.3) is 0 Å². The SMILES string of the molecule is CC/C=C\C[C@H](O)/C=C/C=C\C/C=C\C=C\[C@H](O)/C=C\CCCC(=O)O[C@H](COC(=O)CCCCCCCCCCC(C)C)COP(=O)(O)OC[C@@H](O)COP(=O)(O)O. The Morgan fingerprint density at radius 2 is 1.22 bits per heavy atom. The Kier molecular flexibility index (Phi) is 34.6. The number of unbranched alkanes of at least 4 members (excludes halogenated alkanes) is 8. The van der Waals surface area contributed by atoms with Crippen LogP contribution in [0.1, 0.15) is 124 Å². The summed E-state index contributed by atoms with van der Waals surface area (Å²) < 4.78 is 47.5. The summed E-state index contributed by atoms with van der Waals surface area (Å²) in [5.41, 5.74) is 0. The van der Waals surface area contributed by atoms with Crippen LogP contribution in [0.4, 0.5) is 0 Å². The van der Waals surface area contributed by atoms with E-state index in [-0.39, 0.29) is 12.8 Å². The molecule has 0 aromatic heterocycles. The Morgan fingerprint density at radius 1 is 0.627 bits per heavy atom. The third-order valence-corrected chi connectivity index (χ3v) is 9.64. The van der Waals surface area contributed by atoms with Crippen LogP contribution in [0, 0.1) is 5.92 Å². The van der Waals surface area contributed by atoms with Crippen LogP contribution in [0.15, 0.2) is 72.9 Å². The Morgan fingerprint density at radius 3 is 1.86 bits per heavy atom. The van der Waals surface area contributed by atoms with Crippen LogP contribution in [-0.2, 0) is 41.8 Å². The molecule has 0 aromatic rings. The van der Waals surface area contributed by atoms with Gasteiger partial charge in [0.25, 0.3) is 0 Å². The summed E-state index contributed by atoms with van der Waals surface area (Å²) in [5.74, 6) is -0.497. The Bertz CT molecular complexity index is 1370. The zero-order chi connectivity index (χ0) is 44.2. The molecule has 340 valence electrons. The van der Waals surface area contributed by atoms with Gasteiger partial charge in [0.15, 0.2) is 6.10 Å². The molecule has 0 bridgehead atoms. The molecule has 0 spiro atoms. The summed E-state index contributed by atoms with van der Waals surface area (Å²) in [5, 5.41) is 29.7. The molecule has 0 aromatic carbocycles. The number of esters is 2. The van der Waals surface area contributed by atoms with E-state index in [1.54, 1.807) is 42.5 Å². The molecule has 59 heavy (non-hydrogen) atoms. The molecule has 0 radical (unpaired) electrons. The first-order valence-corrected chi connectivity index (χ1v) is 23.7. The molecule has 0 aliphatic carbocycles. The van der Waals surface area contributed by atoms with E-state index in [1.807, 2.05) is 37.3 Å². The van der Waals surface area contributed by atoms with Crippen molar-refractivity contribution in [1.29, 1.82) is 0 Å². The number of phosphoric ester groups is 2. The molecule has 6 N–H and O–H groups in total. The minimum atomic E-state index is -4.89. The van der Waals surface area contributed by atoms with Crippen molar-refractivity contribution in [2.75, 3.05) is 26.4 Å². The first-order valence-electron chi connectivity index (χ1n) is 20.7. The lowest BCUT2D eigenvalue weighted by Crippen LogP contribution is -2.29. The standard InChI is InChI=1S/C42H72O15P2/c1-4-5-18-26-37(43)27-20-14-10-8-11-15-21-28-38(44)29-22-17-24-31-42(47)57-40(35-56-59(51,52)55-33-39(45)32-54-58(48,49)50)34-53-41(46)30-23-16-12-7-6-9-13-19-25-36(2)3/h5,10-11,14-15,18,20-22,27-29,36-40,43-45H,4,6-9,12-13,16-17,19,23-26,30-35H2,1-3H3,(H,51,52)(H2,48,49,50)/b14-10-,15-11-,18-5-,27-20+,28-21+,29-22-/t37-,38-,39-,40+/m0/s1. The third-order valence-electron chi connectivity index (χ3n) is 8.20. The number of phosphoric acid groups is 2. The quantitative estimate of drug-likeness (QED) is 0.0114. The van der Waals surface area contributed by atoms with Crippen molar-refractivity contribution in [3.05, 3.63) is 72.9 Å². The van der Waals surface area contributed by atoms with Gasteiger partial charge < -0.3 is 39.5 Å². The van der Waals surface area contributed by atoms with E-state index in [0.29, 0.717) is 32.1 Å². The van der Waals surface area contributed by atoms with Crippen molar-refractivity contribution in [2.45, 2.75) is 148 Å². The summed E-state index contributed by atoms with van der Waals surface area (Å²) in [6.45, 7) is 3.57. The van der Waals surface area contributed by atoms with E-state index >= 15 is 0 Å². The van der Waals surface area contributed by atoms with Gasteiger partial charge in [-0.2, -0.15) is 0 Å². The number of hydrogen-bond acceptors (Lipinski definition) is 12. The average molecular weight is 879 g/mol. The third kappa shape index (κ3) is 40.6. The molecular weight excluding hydrogens is 806 g/mol. The minimum absolute atomic E-state index is 0.0577. The summed E-state index contributed by atoms with van der Waals surface area (Å²) in [4.78, 5) is 52.6. The highest BCUT2D eigenvalue weighted by molar-refractivity contribution is 7.47. The molecule has 0 saturated heterocycles. The largest absolute Gasteiger partial charge is 0.472 e. The van der Waals surface area contributed by atoms with Gasteiger partial charge in [-0.25, -0.2) is 9.13 Å². The maximum atomic E-state index is 12.6. The minimum Gasteiger partial charge on any atom is -0.462 e. The van der Waals surface area contributed by atoms with Crippen molar-refractivity contribution < 1.29 is 71.8 Å². The molecule has 5 atom stereocenters. The van der Waals surface area contributed by atoms with Gasteiger partial charge in [0.2, 0.25) is 0 Å². The number of aliphatic hydroxyl groups excluding tert-OH is 3. The summed E-state index contributed by atoms with van der Waals surface area (Å²) in [7, 11) is -9.75. The lowest BCUT2D eigenvalue weighted by Gasteiger charge is -2.20. The Balaban J connectivity index is 4.81. The molecule has 0 aliphatic heterocycles. The molecule has 0 heterocycles. The predicted octanol–water partition coefficient (Wildman–Crippen LogP) is 8.02. The van der Waals surface area contributed by atoms with E-state index < -0.39 is 78.4 Å². The molecule has 15 nitrogen and oxygen atoms in total. The fourth-order valence-corrected chi connectivity index (χ4v) is 6.19. The number of carbonyl (C=O) groups is 2. The fraction of sp³-hybridized carbons (Fsp3) is 0.667. The van der Waals surface area contributed by atoms with Crippen molar-refractivity contribution in [3.8, 4) is 0 Å². The zero-order valence-electron chi connectivity index (χ0n) is 35.2. The van der Waals surface area contributed by atoms with E-state index in [4.69, 9.17) is 23.8 Å². The smallest absolute Gasteiger partial charge is 0.462 e. The summed E-state index contributed by atoms with van der Waals surface area (Å²) >= 11 is 0. The Labute approximate surface area is 351 Å². The first-order chi connectivity index (χ1) is 28.0. The summed E-state index contributed by atoms with van der Waals surface area (Å²) in [6.07, 6.45) is 30.0. The van der Waals surface area contributed by atoms with Gasteiger partial charge in [-0.3, -0.25) is 23.2 Å². The van der Waals surface area contributed by atoms with E-state index in [2.05, 4.69) is 22.9 Å². The molecule has 0 amide bonds. The molecule has 0 saturated carbocycles. The highest BCUT2D eigenvalue weighted by Crippen LogP contribution is 2.43. The molecule has 0 aliphatic rings. The monoisotopic (exact) mass is 878 g/mol. The van der Waals surface area contributed by atoms with E-state index in [0.717, 1.165) is 38.0 Å². The van der Waals surface area contributed by atoms with Crippen molar-refractivity contribution in [1.82, 2.24) is 0 Å². The van der Waals surface area contributed by atoms with Gasteiger partial charge in [-0.1, -0.05) is 145 Å². The van der Waals surface area contributed by atoms with Crippen LogP contribution in [-0.4, -0.2) is 92.8 Å². The van der Waals surface area contributed by atoms with E-state index in [9.17, 15) is 38.9 Å². The van der Waals surface area contributed by atoms with Gasteiger partial charge in [-0.15, -0.1) is 0 Å². The van der Waals surface area contributed by atoms with Crippen molar-refractivity contribution in [3.63, 3.8) is 0 Å². The van der Waals surface area contributed by atoms with Crippen molar-refractivity contribution in [2.24, 2.45) is 5.92 Å². The highest BCUT2D eigenvalue weighted by atomic mass is 31.2. The predicted molar refractivity (Wildman–Crippen MR) is 228 cm³/mol. The molecule has 17 heteroatoms.